The molecule has 22 heavy (non-hydrogen) atoms. The van der Waals surface area contributed by atoms with E-state index in [1.165, 1.54) is 36.5 Å². The van der Waals surface area contributed by atoms with Gasteiger partial charge in [-0.05, 0) is 24.3 Å². The zero-order chi connectivity index (χ0) is 16.1. The third-order valence-corrected chi connectivity index (χ3v) is 3.06. The smallest absolute Gasteiger partial charge is 0.271 e. The molecule has 0 heterocycles. The molecule has 0 bridgehead atoms. The average molecular weight is 320 g/mol. The first-order valence-corrected chi connectivity index (χ1v) is 6.42. The first kappa shape index (κ1) is 15.5. The summed E-state index contributed by atoms with van der Waals surface area (Å²) in [6, 6.07) is 9.65. The number of halogens is 1. The molecule has 0 unspecified atom stereocenters. The number of carbonyl (C=O) groups excluding carboxylic acids is 1. The third-order valence-electron chi connectivity index (χ3n) is 2.73. The van der Waals surface area contributed by atoms with Gasteiger partial charge in [0.1, 0.15) is 5.75 Å². The van der Waals surface area contributed by atoms with Gasteiger partial charge in [-0.1, -0.05) is 17.7 Å². The van der Waals surface area contributed by atoms with Crippen LogP contribution in [0.5, 0.6) is 5.75 Å². The Morgan fingerprint density at radius 1 is 1.27 bits per heavy atom. The zero-order valence-corrected chi connectivity index (χ0v) is 11.8. The number of hydrogen-bond acceptors (Lipinski definition) is 5. The van der Waals surface area contributed by atoms with E-state index >= 15 is 0 Å². The second kappa shape index (κ2) is 6.68. The monoisotopic (exact) mass is 319 g/mol. The highest BCUT2D eigenvalue weighted by Crippen LogP contribution is 2.22. The van der Waals surface area contributed by atoms with Gasteiger partial charge in [0.05, 0.1) is 21.7 Å². The summed E-state index contributed by atoms with van der Waals surface area (Å²) >= 11 is 5.88. The predicted molar refractivity (Wildman–Crippen MR) is 81.3 cm³/mol. The fraction of sp³-hybridized carbons (Fsp3) is 0. The highest BCUT2D eigenvalue weighted by Gasteiger charge is 2.09. The number of phenols is 1. The van der Waals surface area contributed by atoms with Gasteiger partial charge in [-0.2, -0.15) is 5.10 Å². The largest absolute Gasteiger partial charge is 0.507 e. The molecule has 0 atom stereocenters. The Kier molecular flexibility index (Phi) is 4.70. The van der Waals surface area contributed by atoms with Gasteiger partial charge in [-0.25, -0.2) is 5.43 Å². The molecular formula is C14H10ClN3O4. The number of carbonyl (C=O) groups is 1. The van der Waals surface area contributed by atoms with Gasteiger partial charge < -0.3 is 5.11 Å². The van der Waals surface area contributed by atoms with Crippen molar-refractivity contribution >= 4 is 29.4 Å². The molecule has 1 amide bonds. The van der Waals surface area contributed by atoms with Gasteiger partial charge in [0.2, 0.25) is 0 Å². The Morgan fingerprint density at radius 2 is 1.95 bits per heavy atom. The van der Waals surface area contributed by atoms with E-state index in [-0.39, 0.29) is 27.6 Å². The molecule has 0 aliphatic heterocycles. The maximum atomic E-state index is 11.8. The van der Waals surface area contributed by atoms with Gasteiger partial charge in [0.15, 0.2) is 0 Å². The van der Waals surface area contributed by atoms with Crippen LogP contribution < -0.4 is 5.43 Å². The zero-order valence-electron chi connectivity index (χ0n) is 11.1. The molecule has 2 aromatic carbocycles. The van der Waals surface area contributed by atoms with E-state index in [0.717, 1.165) is 0 Å². The molecular weight excluding hydrogens is 310 g/mol. The maximum Gasteiger partial charge on any atom is 0.271 e. The first-order valence-electron chi connectivity index (χ1n) is 6.04. The van der Waals surface area contributed by atoms with Gasteiger partial charge >= 0.3 is 0 Å². The number of hydrogen-bond donors (Lipinski definition) is 2. The number of nitrogens with one attached hydrogen (secondary N) is 1. The topological polar surface area (TPSA) is 105 Å². The van der Waals surface area contributed by atoms with Gasteiger partial charge in [0, 0.05) is 17.7 Å². The summed E-state index contributed by atoms with van der Waals surface area (Å²) in [5.74, 6) is -0.612. The van der Waals surface area contributed by atoms with Crippen LogP contribution >= 0.6 is 11.6 Å². The van der Waals surface area contributed by atoms with E-state index in [9.17, 15) is 20.0 Å². The maximum absolute atomic E-state index is 11.8. The van der Waals surface area contributed by atoms with E-state index in [1.807, 2.05) is 0 Å². The minimum atomic E-state index is -0.556. The van der Waals surface area contributed by atoms with E-state index in [1.54, 1.807) is 12.1 Å². The van der Waals surface area contributed by atoms with Crippen LogP contribution in [0.25, 0.3) is 0 Å². The van der Waals surface area contributed by atoms with Gasteiger partial charge in [-0.3, -0.25) is 14.9 Å². The van der Waals surface area contributed by atoms with Crippen LogP contribution in [0, 0.1) is 10.1 Å². The van der Waals surface area contributed by atoms with Crippen molar-refractivity contribution in [2.24, 2.45) is 5.10 Å². The van der Waals surface area contributed by atoms with Crippen molar-refractivity contribution in [1.29, 1.82) is 0 Å². The molecule has 0 aromatic heterocycles. The standard InChI is InChI=1S/C14H10ClN3O4/c15-12-2-1-3-13(19)11(12)8-16-17-14(20)9-4-6-10(7-5-9)18(21)22/h1-8,19H,(H,17,20)/b16-8+. The van der Waals surface area contributed by atoms with Crippen LogP contribution in [0.3, 0.4) is 0 Å². The second-order valence-corrected chi connectivity index (χ2v) is 4.58. The number of nitro groups is 1. The van der Waals surface area contributed by atoms with Gasteiger partial charge in [-0.15, -0.1) is 0 Å². The minimum absolute atomic E-state index is 0.0687. The van der Waals surface area contributed by atoms with E-state index in [0.29, 0.717) is 0 Å². The summed E-state index contributed by atoms with van der Waals surface area (Å²) in [5, 5.41) is 24.1. The summed E-state index contributed by atoms with van der Waals surface area (Å²) in [6.45, 7) is 0. The SMILES string of the molecule is O=C(N/N=C/c1c(O)cccc1Cl)c1ccc([N+](=O)[O-])cc1. The lowest BCUT2D eigenvalue weighted by molar-refractivity contribution is -0.384. The van der Waals surface area contributed by atoms with Crippen LogP contribution in [-0.2, 0) is 0 Å². The summed E-state index contributed by atoms with van der Waals surface area (Å²) in [6.07, 6.45) is 1.21. The molecule has 0 aliphatic rings. The summed E-state index contributed by atoms with van der Waals surface area (Å²) < 4.78 is 0. The van der Waals surface area contributed by atoms with Crippen LogP contribution in [0.2, 0.25) is 5.02 Å². The number of nitrogens with zero attached hydrogens (tertiary/aromatic N) is 2. The highest BCUT2D eigenvalue weighted by atomic mass is 35.5. The number of hydrazone groups is 1. The molecule has 7 nitrogen and oxygen atoms in total. The number of aromatic hydroxyl groups is 1. The number of nitro benzene ring substituents is 1. The number of amides is 1. The van der Waals surface area contributed by atoms with Crippen molar-refractivity contribution in [3.63, 3.8) is 0 Å². The molecule has 0 saturated heterocycles. The number of benzene rings is 2. The van der Waals surface area contributed by atoms with Crippen LogP contribution in [0.4, 0.5) is 5.69 Å². The van der Waals surface area contributed by atoms with Crippen LogP contribution in [0.15, 0.2) is 47.6 Å². The van der Waals surface area contributed by atoms with Crippen molar-refractivity contribution in [2.45, 2.75) is 0 Å². The lowest BCUT2D eigenvalue weighted by atomic mass is 10.2. The van der Waals surface area contributed by atoms with E-state index < -0.39 is 10.8 Å². The summed E-state index contributed by atoms with van der Waals surface area (Å²) in [5.41, 5.74) is 2.62. The first-order chi connectivity index (χ1) is 10.5. The summed E-state index contributed by atoms with van der Waals surface area (Å²) in [7, 11) is 0. The molecule has 8 heteroatoms. The third kappa shape index (κ3) is 3.58. The predicted octanol–water partition coefficient (Wildman–Crippen LogP) is 2.72. The van der Waals surface area contributed by atoms with Crippen molar-refractivity contribution in [1.82, 2.24) is 5.43 Å². The highest BCUT2D eigenvalue weighted by molar-refractivity contribution is 6.33. The van der Waals surface area contributed by atoms with Crippen molar-refractivity contribution < 1.29 is 14.8 Å². The molecule has 0 radical (unpaired) electrons. The fourth-order valence-corrected chi connectivity index (χ4v) is 1.83. The van der Waals surface area contributed by atoms with Crippen LogP contribution in [-0.4, -0.2) is 22.2 Å². The average Bonchev–Trinajstić information content (AvgIpc) is 2.50. The Morgan fingerprint density at radius 3 is 2.55 bits per heavy atom. The van der Waals surface area contributed by atoms with E-state index in [2.05, 4.69) is 10.5 Å². The minimum Gasteiger partial charge on any atom is -0.507 e. The number of non-ortho nitro benzene ring substituents is 1. The van der Waals surface area contributed by atoms with Gasteiger partial charge in [0.25, 0.3) is 11.6 Å². The normalized spacial score (nSPS) is 10.6. The molecule has 2 N–H and O–H groups in total. The number of phenolic OH excluding ortho intramolecular Hbond substituents is 1. The molecule has 0 spiro atoms. The Balaban J connectivity index is 2.06. The van der Waals surface area contributed by atoms with Crippen molar-refractivity contribution in [3.05, 3.63) is 68.7 Å². The molecule has 2 aromatic rings. The lowest BCUT2D eigenvalue weighted by Crippen LogP contribution is -2.17. The Bertz CT molecular complexity index is 724. The lowest BCUT2D eigenvalue weighted by Gasteiger charge is -2.02. The molecule has 0 aliphatic carbocycles. The summed E-state index contributed by atoms with van der Waals surface area (Å²) in [4.78, 5) is 21.8. The molecule has 2 rings (SSSR count). The fourth-order valence-electron chi connectivity index (χ4n) is 1.61. The molecule has 112 valence electrons. The Hall–Kier alpha value is -2.93. The van der Waals surface area contributed by atoms with Crippen molar-refractivity contribution in [3.8, 4) is 5.75 Å². The number of rotatable bonds is 4. The van der Waals surface area contributed by atoms with Crippen LogP contribution in [0.1, 0.15) is 15.9 Å². The molecule has 0 saturated carbocycles. The van der Waals surface area contributed by atoms with Crippen molar-refractivity contribution in [2.75, 3.05) is 0 Å². The quantitative estimate of drug-likeness (QED) is 0.513. The molecule has 0 fully saturated rings. The Labute approximate surface area is 130 Å². The van der Waals surface area contributed by atoms with E-state index in [4.69, 9.17) is 11.6 Å². The second-order valence-electron chi connectivity index (χ2n) is 4.18.